The molecule has 0 aliphatic heterocycles. The van der Waals surface area contributed by atoms with E-state index < -0.39 is 0 Å². The fourth-order valence-corrected chi connectivity index (χ4v) is 0.913. The van der Waals surface area contributed by atoms with E-state index in [-0.39, 0.29) is 0 Å². The molecule has 0 N–H and O–H groups in total. The monoisotopic (exact) mass is 164 g/mol. The Morgan fingerprint density at radius 3 is 2.17 bits per heavy atom. The zero-order valence-corrected chi connectivity index (χ0v) is 7.89. The van der Waals surface area contributed by atoms with E-state index in [0.717, 1.165) is 23.3 Å². The maximum Gasteiger partial charge on any atom is 0.125 e. The van der Waals surface area contributed by atoms with E-state index in [0.29, 0.717) is 0 Å². The molecule has 1 nitrogen and oxygen atoms in total. The van der Waals surface area contributed by atoms with Crippen LogP contribution in [0.5, 0.6) is 0 Å². The molecule has 0 saturated carbocycles. The van der Waals surface area contributed by atoms with Crippen LogP contribution in [0.4, 0.5) is 0 Å². The number of allylic oxidation sites excluding steroid dienone is 4. The summed E-state index contributed by atoms with van der Waals surface area (Å²) >= 11 is 0. The summed E-state index contributed by atoms with van der Waals surface area (Å²) in [4.78, 5) is 0. The van der Waals surface area contributed by atoms with E-state index in [1.807, 2.05) is 6.92 Å². The molecule has 0 amide bonds. The Bertz CT molecular complexity index is 221. The van der Waals surface area contributed by atoms with Gasteiger partial charge in [-0.2, -0.15) is 0 Å². The topological polar surface area (TPSA) is 9.23 Å². The molecular formula is C11H16O. The Hall–Kier alpha value is -1.24. The van der Waals surface area contributed by atoms with Crippen molar-refractivity contribution in [2.75, 3.05) is 7.11 Å². The SMILES string of the molecule is C=C/C(OC)=C(\C=C)C(=C)CC. The molecule has 1 heteroatoms. The highest BCUT2D eigenvalue weighted by Crippen LogP contribution is 2.18. The maximum atomic E-state index is 5.10. The quantitative estimate of drug-likeness (QED) is 0.448. The third-order valence-electron chi connectivity index (χ3n) is 1.68. The van der Waals surface area contributed by atoms with E-state index >= 15 is 0 Å². The van der Waals surface area contributed by atoms with Gasteiger partial charge in [0.2, 0.25) is 0 Å². The van der Waals surface area contributed by atoms with Gasteiger partial charge in [-0.25, -0.2) is 0 Å². The number of hydrogen-bond donors (Lipinski definition) is 0. The van der Waals surface area contributed by atoms with Gasteiger partial charge in [0.05, 0.1) is 7.11 Å². The van der Waals surface area contributed by atoms with Crippen LogP contribution in [0.3, 0.4) is 0 Å². The van der Waals surface area contributed by atoms with Crippen LogP contribution in [0.25, 0.3) is 0 Å². The standard InChI is InChI=1S/C11H16O/c1-6-9(4)10(7-2)11(8-3)12-5/h7-8H,2-4,6H2,1,5H3/b11-10-. The van der Waals surface area contributed by atoms with Gasteiger partial charge in [0.15, 0.2) is 0 Å². The number of methoxy groups -OCH3 is 1. The molecule has 0 atom stereocenters. The van der Waals surface area contributed by atoms with Crippen LogP contribution in [0.2, 0.25) is 0 Å². The lowest BCUT2D eigenvalue weighted by Gasteiger charge is -2.08. The van der Waals surface area contributed by atoms with Gasteiger partial charge in [-0.05, 0) is 18.1 Å². The van der Waals surface area contributed by atoms with Gasteiger partial charge in [0.25, 0.3) is 0 Å². The minimum Gasteiger partial charge on any atom is -0.496 e. The van der Waals surface area contributed by atoms with Gasteiger partial charge in [0.1, 0.15) is 5.76 Å². The van der Waals surface area contributed by atoms with Crippen molar-refractivity contribution in [3.63, 3.8) is 0 Å². The summed E-state index contributed by atoms with van der Waals surface area (Å²) < 4.78 is 5.10. The first-order chi connectivity index (χ1) is 5.71. The van der Waals surface area contributed by atoms with Gasteiger partial charge in [-0.1, -0.05) is 32.7 Å². The van der Waals surface area contributed by atoms with Gasteiger partial charge >= 0.3 is 0 Å². The first-order valence-corrected chi connectivity index (χ1v) is 3.92. The molecule has 0 spiro atoms. The van der Waals surface area contributed by atoms with Crippen molar-refractivity contribution in [3.05, 3.63) is 48.8 Å². The van der Waals surface area contributed by atoms with Gasteiger partial charge in [0, 0.05) is 5.57 Å². The zero-order valence-electron chi connectivity index (χ0n) is 7.89. The van der Waals surface area contributed by atoms with Crippen LogP contribution in [0.1, 0.15) is 13.3 Å². The van der Waals surface area contributed by atoms with E-state index in [4.69, 9.17) is 4.74 Å². The van der Waals surface area contributed by atoms with Crippen LogP contribution in [0.15, 0.2) is 48.8 Å². The first-order valence-electron chi connectivity index (χ1n) is 3.92. The molecular weight excluding hydrogens is 148 g/mol. The predicted octanol–water partition coefficient (Wildman–Crippen LogP) is 3.23. The highest BCUT2D eigenvalue weighted by atomic mass is 16.5. The number of hydrogen-bond acceptors (Lipinski definition) is 1. The Morgan fingerprint density at radius 2 is 1.92 bits per heavy atom. The lowest BCUT2D eigenvalue weighted by atomic mass is 10.0. The summed E-state index contributed by atoms with van der Waals surface area (Å²) in [6.45, 7) is 13.3. The summed E-state index contributed by atoms with van der Waals surface area (Å²) in [5.41, 5.74) is 1.96. The lowest BCUT2D eigenvalue weighted by molar-refractivity contribution is 0.304. The van der Waals surface area contributed by atoms with Crippen LogP contribution in [-0.4, -0.2) is 7.11 Å². The van der Waals surface area contributed by atoms with E-state index in [9.17, 15) is 0 Å². The molecule has 0 rings (SSSR count). The molecule has 0 aromatic carbocycles. The van der Waals surface area contributed by atoms with E-state index in [2.05, 4.69) is 19.7 Å². The summed E-state index contributed by atoms with van der Waals surface area (Å²) in [5.74, 6) is 0.733. The maximum absolute atomic E-state index is 5.10. The zero-order chi connectivity index (χ0) is 9.56. The van der Waals surface area contributed by atoms with Gasteiger partial charge in [-0.15, -0.1) is 0 Å². The van der Waals surface area contributed by atoms with E-state index in [1.54, 1.807) is 19.3 Å². The van der Waals surface area contributed by atoms with Crippen molar-refractivity contribution in [1.29, 1.82) is 0 Å². The average molecular weight is 164 g/mol. The molecule has 0 aliphatic rings. The fourth-order valence-electron chi connectivity index (χ4n) is 0.913. The van der Waals surface area contributed by atoms with Crippen molar-refractivity contribution in [2.45, 2.75) is 13.3 Å². The smallest absolute Gasteiger partial charge is 0.125 e. The van der Waals surface area contributed by atoms with Crippen molar-refractivity contribution in [2.24, 2.45) is 0 Å². The van der Waals surface area contributed by atoms with Crippen LogP contribution < -0.4 is 0 Å². The summed E-state index contributed by atoms with van der Waals surface area (Å²) in [5, 5.41) is 0. The van der Waals surface area contributed by atoms with Crippen LogP contribution in [0, 0.1) is 0 Å². The van der Waals surface area contributed by atoms with Crippen molar-refractivity contribution < 1.29 is 4.74 Å². The molecule has 0 heterocycles. The Labute approximate surface area is 74.7 Å². The molecule has 0 aromatic heterocycles. The second-order valence-electron chi connectivity index (χ2n) is 2.35. The fraction of sp³-hybridized carbons (Fsp3) is 0.273. The summed E-state index contributed by atoms with van der Waals surface area (Å²) in [6, 6.07) is 0. The number of rotatable bonds is 5. The second-order valence-corrected chi connectivity index (χ2v) is 2.35. The van der Waals surface area contributed by atoms with Crippen molar-refractivity contribution in [1.82, 2.24) is 0 Å². The van der Waals surface area contributed by atoms with Crippen molar-refractivity contribution >= 4 is 0 Å². The Kier molecular flexibility index (Phi) is 4.86. The minimum absolute atomic E-state index is 0.733. The average Bonchev–Trinajstić information content (AvgIpc) is 2.12. The van der Waals surface area contributed by atoms with Crippen LogP contribution >= 0.6 is 0 Å². The third kappa shape index (κ3) is 2.42. The Balaban J connectivity index is 4.93. The van der Waals surface area contributed by atoms with E-state index in [1.165, 1.54) is 0 Å². The molecule has 0 aromatic rings. The number of ether oxygens (including phenoxy) is 1. The minimum atomic E-state index is 0.733. The van der Waals surface area contributed by atoms with Gasteiger partial charge < -0.3 is 4.74 Å². The molecule has 66 valence electrons. The molecule has 0 fully saturated rings. The molecule has 0 saturated heterocycles. The first kappa shape index (κ1) is 10.8. The predicted molar refractivity (Wildman–Crippen MR) is 53.9 cm³/mol. The summed E-state index contributed by atoms with van der Waals surface area (Å²) in [6.07, 6.45) is 4.30. The molecule has 12 heavy (non-hydrogen) atoms. The second kappa shape index (κ2) is 5.42. The van der Waals surface area contributed by atoms with Crippen LogP contribution in [-0.2, 0) is 4.74 Å². The van der Waals surface area contributed by atoms with Crippen molar-refractivity contribution in [3.8, 4) is 0 Å². The molecule has 0 aliphatic carbocycles. The third-order valence-corrected chi connectivity index (χ3v) is 1.68. The summed E-state index contributed by atoms with van der Waals surface area (Å²) in [7, 11) is 1.61. The highest BCUT2D eigenvalue weighted by Gasteiger charge is 2.02. The normalized spacial score (nSPS) is 11.5. The molecule has 0 radical (unpaired) electrons. The Morgan fingerprint density at radius 1 is 1.33 bits per heavy atom. The molecule has 0 bridgehead atoms. The van der Waals surface area contributed by atoms with Gasteiger partial charge in [-0.3, -0.25) is 0 Å². The largest absolute Gasteiger partial charge is 0.496 e. The lowest BCUT2D eigenvalue weighted by Crippen LogP contribution is -1.91. The highest BCUT2D eigenvalue weighted by molar-refractivity contribution is 5.42. The molecule has 0 unspecified atom stereocenters.